The van der Waals surface area contributed by atoms with Crippen LogP contribution in [0.15, 0.2) is 0 Å². The van der Waals surface area contributed by atoms with E-state index in [4.69, 9.17) is 5.11 Å². The van der Waals surface area contributed by atoms with Gasteiger partial charge in [-0.25, -0.2) is 4.79 Å². The molecule has 0 aromatic rings. The van der Waals surface area contributed by atoms with Crippen LogP contribution in [0.2, 0.25) is 0 Å². The molecule has 1 fully saturated rings. The molecule has 2 N–H and O–H groups in total. The molecule has 0 radical (unpaired) electrons. The Morgan fingerprint density at radius 1 is 1.30 bits per heavy atom. The molecule has 1 heterocycles. The predicted octanol–water partition coefficient (Wildman–Crippen LogP) is 1.37. The number of carbonyl (C=O) groups is 2. The molecular formula is C14H27N3O3. The Labute approximate surface area is 121 Å². The van der Waals surface area contributed by atoms with Crippen LogP contribution in [0.4, 0.5) is 4.79 Å². The molecule has 0 unspecified atom stereocenters. The molecule has 20 heavy (non-hydrogen) atoms. The number of nitrogens with zero attached hydrogens (tertiary/aromatic N) is 2. The fraction of sp³-hybridized carbons (Fsp3) is 0.857. The van der Waals surface area contributed by atoms with Crippen molar-refractivity contribution in [1.29, 1.82) is 0 Å². The zero-order valence-corrected chi connectivity index (χ0v) is 12.8. The Balaban J connectivity index is 2.71. The topological polar surface area (TPSA) is 72.9 Å². The minimum Gasteiger partial charge on any atom is -0.481 e. The summed E-state index contributed by atoms with van der Waals surface area (Å²) in [6.45, 7) is 8.64. The van der Waals surface area contributed by atoms with Crippen LogP contribution in [0.1, 0.15) is 40.0 Å². The first-order valence-electron chi connectivity index (χ1n) is 7.47. The van der Waals surface area contributed by atoms with Gasteiger partial charge in [0.1, 0.15) is 0 Å². The van der Waals surface area contributed by atoms with Gasteiger partial charge in [0.15, 0.2) is 0 Å². The van der Waals surface area contributed by atoms with Crippen molar-refractivity contribution in [3.05, 3.63) is 0 Å². The SMILES string of the molecule is CCN(C(=O)N(CCC(=O)O)C(C)C)C1CCNCC1. The van der Waals surface area contributed by atoms with Crippen molar-refractivity contribution in [3.63, 3.8) is 0 Å². The highest BCUT2D eigenvalue weighted by molar-refractivity contribution is 5.76. The van der Waals surface area contributed by atoms with E-state index in [1.54, 1.807) is 4.90 Å². The van der Waals surface area contributed by atoms with Crippen LogP contribution in [-0.4, -0.2) is 65.2 Å². The fourth-order valence-electron chi connectivity index (χ4n) is 2.62. The molecule has 0 atom stereocenters. The second-order valence-electron chi connectivity index (χ2n) is 5.48. The van der Waals surface area contributed by atoms with E-state index in [0.717, 1.165) is 25.9 Å². The number of nitrogens with one attached hydrogen (secondary N) is 1. The molecule has 2 amide bonds. The summed E-state index contributed by atoms with van der Waals surface area (Å²) in [5.74, 6) is -0.867. The lowest BCUT2D eigenvalue weighted by Gasteiger charge is -2.38. The molecule has 0 aromatic carbocycles. The molecule has 1 aliphatic rings. The van der Waals surface area contributed by atoms with Crippen molar-refractivity contribution in [2.75, 3.05) is 26.2 Å². The highest BCUT2D eigenvalue weighted by Gasteiger charge is 2.29. The minimum atomic E-state index is -0.867. The summed E-state index contributed by atoms with van der Waals surface area (Å²) in [6, 6.07) is 0.244. The highest BCUT2D eigenvalue weighted by Crippen LogP contribution is 2.15. The van der Waals surface area contributed by atoms with Gasteiger partial charge in [-0.1, -0.05) is 0 Å². The van der Waals surface area contributed by atoms with E-state index in [9.17, 15) is 9.59 Å². The Morgan fingerprint density at radius 3 is 2.35 bits per heavy atom. The van der Waals surface area contributed by atoms with E-state index in [2.05, 4.69) is 5.32 Å². The van der Waals surface area contributed by atoms with Crippen LogP contribution < -0.4 is 5.32 Å². The number of rotatable bonds is 6. The van der Waals surface area contributed by atoms with E-state index < -0.39 is 5.97 Å². The molecule has 6 heteroatoms. The maximum absolute atomic E-state index is 12.7. The molecule has 6 nitrogen and oxygen atoms in total. The standard InChI is InChI=1S/C14H27N3O3/c1-4-16(12-5-8-15-9-6-12)14(20)17(11(2)3)10-7-13(18)19/h11-12,15H,4-10H2,1-3H3,(H,18,19). The second-order valence-corrected chi connectivity index (χ2v) is 5.48. The van der Waals surface area contributed by atoms with Crippen molar-refractivity contribution < 1.29 is 14.7 Å². The van der Waals surface area contributed by atoms with Gasteiger partial charge in [-0.2, -0.15) is 0 Å². The predicted molar refractivity (Wildman–Crippen MR) is 77.8 cm³/mol. The first kappa shape index (κ1) is 16.8. The number of piperidine rings is 1. The minimum absolute atomic E-state index is 0.00625. The number of hydrogen-bond acceptors (Lipinski definition) is 3. The van der Waals surface area contributed by atoms with Gasteiger partial charge < -0.3 is 20.2 Å². The molecule has 0 aromatic heterocycles. The van der Waals surface area contributed by atoms with Crippen LogP contribution in [-0.2, 0) is 4.79 Å². The average molecular weight is 285 g/mol. The van der Waals surface area contributed by atoms with Gasteiger partial charge in [0.05, 0.1) is 6.42 Å². The van der Waals surface area contributed by atoms with Crippen LogP contribution in [0.3, 0.4) is 0 Å². The first-order chi connectivity index (χ1) is 9.47. The lowest BCUT2D eigenvalue weighted by atomic mass is 10.1. The van der Waals surface area contributed by atoms with E-state index in [0.29, 0.717) is 6.54 Å². The van der Waals surface area contributed by atoms with Crippen molar-refractivity contribution in [2.45, 2.75) is 52.1 Å². The molecule has 0 bridgehead atoms. The molecule has 0 saturated carbocycles. The van der Waals surface area contributed by atoms with Gasteiger partial charge in [-0.15, -0.1) is 0 Å². The normalized spacial score (nSPS) is 16.2. The van der Waals surface area contributed by atoms with Crippen LogP contribution in [0, 0.1) is 0 Å². The zero-order chi connectivity index (χ0) is 15.1. The molecule has 0 spiro atoms. The molecular weight excluding hydrogens is 258 g/mol. The fourth-order valence-corrected chi connectivity index (χ4v) is 2.62. The van der Waals surface area contributed by atoms with Gasteiger partial charge in [0, 0.05) is 25.2 Å². The summed E-state index contributed by atoms with van der Waals surface area (Å²) in [7, 11) is 0. The number of carbonyl (C=O) groups excluding carboxylic acids is 1. The van der Waals surface area contributed by atoms with Gasteiger partial charge in [0.25, 0.3) is 0 Å². The van der Waals surface area contributed by atoms with Crippen molar-refractivity contribution in [3.8, 4) is 0 Å². The highest BCUT2D eigenvalue weighted by atomic mass is 16.4. The van der Waals surface area contributed by atoms with Crippen LogP contribution >= 0.6 is 0 Å². The van der Waals surface area contributed by atoms with Crippen molar-refractivity contribution in [1.82, 2.24) is 15.1 Å². The summed E-state index contributed by atoms with van der Waals surface area (Å²) in [4.78, 5) is 27.0. The summed E-state index contributed by atoms with van der Waals surface area (Å²) < 4.78 is 0. The number of hydrogen-bond donors (Lipinski definition) is 2. The molecule has 116 valence electrons. The lowest BCUT2D eigenvalue weighted by Crippen LogP contribution is -2.53. The van der Waals surface area contributed by atoms with Crippen LogP contribution in [0.5, 0.6) is 0 Å². The second kappa shape index (κ2) is 8.09. The van der Waals surface area contributed by atoms with E-state index in [1.807, 2.05) is 25.7 Å². The van der Waals surface area contributed by atoms with Gasteiger partial charge in [-0.05, 0) is 46.7 Å². The number of amides is 2. The van der Waals surface area contributed by atoms with Crippen molar-refractivity contribution >= 4 is 12.0 Å². The number of carboxylic acids is 1. The van der Waals surface area contributed by atoms with E-state index >= 15 is 0 Å². The summed E-state index contributed by atoms with van der Waals surface area (Å²) in [5.41, 5.74) is 0. The Hall–Kier alpha value is -1.30. The molecule has 1 rings (SSSR count). The molecule has 1 saturated heterocycles. The van der Waals surface area contributed by atoms with Gasteiger partial charge in [0.2, 0.25) is 0 Å². The Bertz CT molecular complexity index is 328. The smallest absolute Gasteiger partial charge is 0.320 e. The summed E-state index contributed by atoms with van der Waals surface area (Å²) in [6.07, 6.45) is 1.92. The third-order valence-corrected chi connectivity index (χ3v) is 3.77. The van der Waals surface area contributed by atoms with Gasteiger partial charge >= 0.3 is 12.0 Å². The Morgan fingerprint density at radius 2 is 1.90 bits per heavy atom. The third-order valence-electron chi connectivity index (χ3n) is 3.77. The Kier molecular flexibility index (Phi) is 6.78. The third kappa shape index (κ3) is 4.67. The lowest BCUT2D eigenvalue weighted by molar-refractivity contribution is -0.137. The monoisotopic (exact) mass is 285 g/mol. The van der Waals surface area contributed by atoms with E-state index in [-0.39, 0.29) is 31.1 Å². The number of aliphatic carboxylic acids is 1. The maximum atomic E-state index is 12.7. The zero-order valence-electron chi connectivity index (χ0n) is 12.8. The average Bonchev–Trinajstić information content (AvgIpc) is 2.40. The number of urea groups is 1. The first-order valence-corrected chi connectivity index (χ1v) is 7.47. The quantitative estimate of drug-likeness (QED) is 0.773. The summed E-state index contributed by atoms with van der Waals surface area (Å²) >= 11 is 0. The van der Waals surface area contributed by atoms with E-state index in [1.165, 1.54) is 0 Å². The van der Waals surface area contributed by atoms with Gasteiger partial charge in [-0.3, -0.25) is 4.79 Å². The largest absolute Gasteiger partial charge is 0.481 e. The van der Waals surface area contributed by atoms with Crippen LogP contribution in [0.25, 0.3) is 0 Å². The summed E-state index contributed by atoms with van der Waals surface area (Å²) in [5, 5.41) is 12.1. The maximum Gasteiger partial charge on any atom is 0.320 e. The molecule has 1 aliphatic heterocycles. The molecule has 0 aliphatic carbocycles. The van der Waals surface area contributed by atoms with Crippen molar-refractivity contribution in [2.24, 2.45) is 0 Å². The number of carboxylic acid groups (broad SMARTS) is 1.